The van der Waals surface area contributed by atoms with Crippen LogP contribution in [-0.2, 0) is 4.79 Å². The minimum Gasteiger partial charge on any atom is -0.484 e. The second-order valence-electron chi connectivity index (χ2n) is 5.00. The van der Waals surface area contributed by atoms with Crippen molar-refractivity contribution in [1.82, 2.24) is 0 Å². The van der Waals surface area contributed by atoms with Crippen molar-refractivity contribution in [2.24, 2.45) is 0 Å². The predicted molar refractivity (Wildman–Crippen MR) is 104 cm³/mol. The topological polar surface area (TPSA) is 55.4 Å². The lowest BCUT2D eigenvalue weighted by Crippen LogP contribution is -2.13. The molecule has 0 bridgehead atoms. The van der Waals surface area contributed by atoms with E-state index in [0.717, 1.165) is 4.90 Å². The van der Waals surface area contributed by atoms with E-state index in [9.17, 15) is 9.59 Å². The van der Waals surface area contributed by atoms with E-state index in [1.54, 1.807) is 18.2 Å². The second kappa shape index (κ2) is 8.81. The van der Waals surface area contributed by atoms with E-state index in [-0.39, 0.29) is 34.1 Å². The normalized spacial score (nSPS) is 10.4. The van der Waals surface area contributed by atoms with Crippen LogP contribution in [0.1, 0.15) is 17.3 Å². The average Bonchev–Trinajstić information content (AvgIpc) is 2.56. The Bertz CT molecular complexity index is 827. The number of carbonyl (C=O) groups is 2. The summed E-state index contributed by atoms with van der Waals surface area (Å²) < 4.78 is 5.46. The number of carbonyl (C=O) groups excluding carboxylic acids is 2. The molecule has 0 aliphatic carbocycles. The molecule has 0 heterocycles. The van der Waals surface area contributed by atoms with Gasteiger partial charge in [-0.15, -0.1) is 11.8 Å². The van der Waals surface area contributed by atoms with Crippen molar-refractivity contribution in [2.45, 2.75) is 11.8 Å². The highest BCUT2D eigenvalue weighted by atomic mass is 35.5. The Morgan fingerprint density at radius 2 is 1.76 bits per heavy atom. The van der Waals surface area contributed by atoms with Crippen molar-refractivity contribution in [3.8, 4) is 5.75 Å². The number of ether oxygens (including phenoxy) is 1. The lowest BCUT2D eigenvalue weighted by Gasteiger charge is -2.11. The predicted octanol–water partition coefficient (Wildman–Crippen LogP) is 5.59. The van der Waals surface area contributed by atoms with Gasteiger partial charge < -0.3 is 10.1 Å². The van der Waals surface area contributed by atoms with Gasteiger partial charge in [-0.2, -0.15) is 0 Å². The fourth-order valence-electron chi connectivity index (χ4n) is 2.00. The molecule has 1 N–H and O–H groups in total. The van der Waals surface area contributed by atoms with E-state index in [1.807, 2.05) is 6.26 Å². The molecular formula is C17H14Cl3NO3S. The van der Waals surface area contributed by atoms with Gasteiger partial charge in [-0.3, -0.25) is 9.59 Å². The molecule has 0 aromatic heterocycles. The summed E-state index contributed by atoms with van der Waals surface area (Å²) in [4.78, 5) is 24.3. The van der Waals surface area contributed by atoms with Crippen molar-refractivity contribution in [1.29, 1.82) is 0 Å². The van der Waals surface area contributed by atoms with E-state index in [0.29, 0.717) is 16.3 Å². The van der Waals surface area contributed by atoms with Crippen LogP contribution < -0.4 is 10.1 Å². The Kier molecular flexibility index (Phi) is 7.02. The minimum atomic E-state index is -0.230. The fraction of sp³-hybridized carbons (Fsp3) is 0.176. The zero-order valence-electron chi connectivity index (χ0n) is 13.4. The molecule has 132 valence electrons. The van der Waals surface area contributed by atoms with Gasteiger partial charge in [0.15, 0.2) is 12.4 Å². The first-order valence-corrected chi connectivity index (χ1v) is 9.44. The molecule has 0 atom stereocenters. The lowest BCUT2D eigenvalue weighted by molar-refractivity contribution is -0.114. The summed E-state index contributed by atoms with van der Waals surface area (Å²) in [7, 11) is 0. The Morgan fingerprint density at radius 1 is 1.08 bits per heavy atom. The fourth-order valence-corrected chi connectivity index (χ4v) is 3.17. The van der Waals surface area contributed by atoms with Gasteiger partial charge in [0.1, 0.15) is 5.75 Å². The zero-order valence-corrected chi connectivity index (χ0v) is 16.4. The molecule has 0 unspecified atom stereocenters. The summed E-state index contributed by atoms with van der Waals surface area (Å²) in [5.74, 6) is -0.122. The van der Waals surface area contributed by atoms with Crippen LogP contribution in [0, 0.1) is 0 Å². The molecule has 0 saturated heterocycles. The van der Waals surface area contributed by atoms with Gasteiger partial charge in [-0.25, -0.2) is 0 Å². The lowest BCUT2D eigenvalue weighted by atomic mass is 10.1. The molecule has 4 nitrogen and oxygen atoms in total. The third-order valence-electron chi connectivity index (χ3n) is 3.17. The number of benzene rings is 2. The third kappa shape index (κ3) is 5.28. The van der Waals surface area contributed by atoms with Crippen molar-refractivity contribution < 1.29 is 14.3 Å². The quantitative estimate of drug-likeness (QED) is 0.377. The van der Waals surface area contributed by atoms with Crippen LogP contribution in [0.4, 0.5) is 5.69 Å². The molecule has 2 rings (SSSR count). The van der Waals surface area contributed by atoms with E-state index in [2.05, 4.69) is 5.32 Å². The van der Waals surface area contributed by atoms with Gasteiger partial charge in [0.25, 0.3) is 0 Å². The maximum Gasteiger partial charge on any atom is 0.221 e. The van der Waals surface area contributed by atoms with E-state index in [4.69, 9.17) is 39.5 Å². The van der Waals surface area contributed by atoms with Gasteiger partial charge in [-0.05, 0) is 30.5 Å². The Hall–Kier alpha value is -1.40. The zero-order chi connectivity index (χ0) is 18.6. The molecule has 0 spiro atoms. The summed E-state index contributed by atoms with van der Waals surface area (Å²) >= 11 is 19.2. The molecule has 2 aromatic carbocycles. The molecule has 0 fully saturated rings. The maximum atomic E-state index is 12.4. The smallest absolute Gasteiger partial charge is 0.221 e. The third-order valence-corrected chi connectivity index (χ3v) is 4.96. The molecule has 0 saturated carbocycles. The number of amides is 1. The molecule has 0 radical (unpaired) electrons. The molecule has 1 amide bonds. The summed E-state index contributed by atoms with van der Waals surface area (Å²) in [6.07, 6.45) is 1.86. The monoisotopic (exact) mass is 417 g/mol. The van der Waals surface area contributed by atoms with Crippen LogP contribution in [0.3, 0.4) is 0 Å². The van der Waals surface area contributed by atoms with Gasteiger partial charge >= 0.3 is 0 Å². The number of halogens is 3. The Morgan fingerprint density at radius 3 is 2.40 bits per heavy atom. The van der Waals surface area contributed by atoms with Gasteiger partial charge in [0.2, 0.25) is 5.91 Å². The average molecular weight is 419 g/mol. The first kappa shape index (κ1) is 19.9. The van der Waals surface area contributed by atoms with E-state index in [1.165, 1.54) is 30.8 Å². The number of nitrogens with one attached hydrogen (secondary N) is 1. The number of hydrogen-bond acceptors (Lipinski definition) is 4. The number of rotatable bonds is 6. The Labute approximate surface area is 164 Å². The highest BCUT2D eigenvalue weighted by Gasteiger charge is 2.13. The molecule has 0 aliphatic rings. The van der Waals surface area contributed by atoms with Crippen LogP contribution >= 0.6 is 46.6 Å². The van der Waals surface area contributed by atoms with Gasteiger partial charge in [0.05, 0.1) is 20.8 Å². The van der Waals surface area contributed by atoms with Crippen LogP contribution in [0.25, 0.3) is 0 Å². The minimum absolute atomic E-state index is 0.174. The number of thioether (sulfide) groups is 1. The highest BCUT2D eigenvalue weighted by Crippen LogP contribution is 2.34. The molecular weight excluding hydrogens is 405 g/mol. The summed E-state index contributed by atoms with van der Waals surface area (Å²) in [6.45, 7) is 1.23. The number of anilines is 1. The van der Waals surface area contributed by atoms with Crippen LogP contribution in [0.2, 0.25) is 15.1 Å². The summed E-state index contributed by atoms with van der Waals surface area (Å²) in [5, 5.41) is 3.59. The largest absolute Gasteiger partial charge is 0.484 e. The van der Waals surface area contributed by atoms with Crippen LogP contribution in [0.5, 0.6) is 5.75 Å². The van der Waals surface area contributed by atoms with Crippen molar-refractivity contribution in [3.05, 3.63) is 51.0 Å². The molecule has 8 heteroatoms. The van der Waals surface area contributed by atoms with Crippen LogP contribution in [0.15, 0.2) is 35.2 Å². The second-order valence-corrected chi connectivity index (χ2v) is 7.07. The first-order chi connectivity index (χ1) is 11.8. The summed E-state index contributed by atoms with van der Waals surface area (Å²) in [5.41, 5.74) is 1.12. The van der Waals surface area contributed by atoms with Crippen LogP contribution in [-0.4, -0.2) is 24.6 Å². The maximum absolute atomic E-state index is 12.4. The highest BCUT2D eigenvalue weighted by molar-refractivity contribution is 7.98. The van der Waals surface area contributed by atoms with Gasteiger partial charge in [-0.1, -0.05) is 34.8 Å². The number of ketones is 1. The molecule has 0 aliphatic heterocycles. The van der Waals surface area contributed by atoms with Crippen molar-refractivity contribution >= 4 is 63.9 Å². The van der Waals surface area contributed by atoms with E-state index >= 15 is 0 Å². The number of Topliss-reactive ketones (excluding diaryl/α,β-unsaturated/α-hetero) is 1. The van der Waals surface area contributed by atoms with E-state index < -0.39 is 0 Å². The SMILES string of the molecule is CSc1cc(C(=O)COc2cc(Cl)c(Cl)cc2Cl)ccc1NC(C)=O. The Balaban J connectivity index is 2.13. The van der Waals surface area contributed by atoms with Crippen molar-refractivity contribution in [2.75, 3.05) is 18.2 Å². The van der Waals surface area contributed by atoms with Crippen molar-refractivity contribution in [3.63, 3.8) is 0 Å². The van der Waals surface area contributed by atoms with Gasteiger partial charge in [0, 0.05) is 23.4 Å². The standard InChI is InChI=1S/C17H14Cl3NO3S/c1-9(22)21-14-4-3-10(5-17(14)25-2)15(23)8-24-16-7-12(19)11(18)6-13(16)20/h3-7H,8H2,1-2H3,(H,21,22). The summed E-state index contributed by atoms with van der Waals surface area (Å²) in [6, 6.07) is 7.95. The molecule has 2 aromatic rings. The number of hydrogen-bond donors (Lipinski definition) is 1. The molecule has 25 heavy (non-hydrogen) atoms. The first-order valence-electron chi connectivity index (χ1n) is 7.08.